The van der Waals surface area contributed by atoms with Gasteiger partial charge in [-0.25, -0.2) is 0 Å². The van der Waals surface area contributed by atoms with E-state index in [9.17, 15) is 24.9 Å². The first kappa shape index (κ1) is 16.2. The van der Waals surface area contributed by atoms with Crippen molar-refractivity contribution in [2.24, 2.45) is 0 Å². The monoisotopic (exact) mass is 318 g/mol. The van der Waals surface area contributed by atoms with Gasteiger partial charge in [0.2, 0.25) is 5.72 Å². The van der Waals surface area contributed by atoms with Gasteiger partial charge in [0.15, 0.2) is 0 Å². The van der Waals surface area contributed by atoms with Gasteiger partial charge in [0.25, 0.3) is 17.5 Å². The van der Waals surface area contributed by atoms with E-state index in [1.54, 1.807) is 0 Å². The molecule has 0 aromatic carbocycles. The van der Waals surface area contributed by atoms with Crippen molar-refractivity contribution in [3.8, 4) is 0 Å². The van der Waals surface area contributed by atoms with Crippen molar-refractivity contribution in [2.75, 3.05) is 12.4 Å². The van der Waals surface area contributed by atoms with Crippen LogP contribution in [0.4, 0.5) is 0 Å². The molecule has 8 nitrogen and oxygen atoms in total. The Morgan fingerprint density at radius 3 is 2.67 bits per heavy atom. The van der Waals surface area contributed by atoms with E-state index in [4.69, 9.17) is 4.74 Å². The molecule has 0 unspecified atom stereocenters. The molecule has 0 radical (unpaired) electrons. The summed E-state index contributed by atoms with van der Waals surface area (Å²) in [5.74, 6) is -2.14. The molecule has 3 rings (SSSR count). The number of ether oxygens (including phenoxy) is 1. The number of amides is 2. The minimum absolute atomic E-state index is 0.0668. The second-order valence-corrected chi connectivity index (χ2v) is 5.79. The quantitative estimate of drug-likeness (QED) is 0.255. The van der Waals surface area contributed by atoms with Gasteiger partial charge < -0.3 is 30.7 Å². The van der Waals surface area contributed by atoms with Crippen LogP contribution in [-0.2, 0) is 14.3 Å². The summed E-state index contributed by atoms with van der Waals surface area (Å²) in [7, 11) is 0. The molecule has 0 aromatic heterocycles. The lowest BCUT2D eigenvalue weighted by Crippen LogP contribution is -2.82. The Kier molecular flexibility index (Phi) is 3.83. The summed E-state index contributed by atoms with van der Waals surface area (Å²) in [6.45, 7) is 4.73. The standard InChI is InChI=1S/C12H18N2O6S/c1-6-3-4-20-12(7(15)10(2,18)5-21)9(17)13-11(6,19)8(16)14-12/h7,15,18-19,21H,1,3-5H2,2H3,(H,13,17)(H,14,16)/t7-,10-,11+,12-/m0/s1. The fourth-order valence-corrected chi connectivity index (χ4v) is 2.47. The normalized spacial score (nSPS) is 37.1. The number of rotatable bonds is 3. The maximum atomic E-state index is 12.3. The lowest BCUT2D eigenvalue weighted by molar-refractivity contribution is -0.223. The summed E-state index contributed by atoms with van der Waals surface area (Å²) in [4.78, 5) is 24.4. The molecule has 3 aliphatic heterocycles. The molecular weight excluding hydrogens is 300 g/mol. The number of fused-ring (bicyclic) bond motifs is 5. The number of hydrogen-bond acceptors (Lipinski definition) is 7. The molecule has 0 spiro atoms. The van der Waals surface area contributed by atoms with E-state index < -0.39 is 35.0 Å². The van der Waals surface area contributed by atoms with E-state index in [1.807, 2.05) is 0 Å². The number of carbonyl (C=O) groups excluding carboxylic acids is 2. The predicted molar refractivity (Wildman–Crippen MR) is 74.2 cm³/mol. The molecule has 21 heavy (non-hydrogen) atoms. The fourth-order valence-electron chi connectivity index (χ4n) is 2.29. The highest BCUT2D eigenvalue weighted by molar-refractivity contribution is 7.80. The van der Waals surface area contributed by atoms with Gasteiger partial charge in [-0.2, -0.15) is 12.6 Å². The summed E-state index contributed by atoms with van der Waals surface area (Å²) in [5, 5.41) is 34.9. The summed E-state index contributed by atoms with van der Waals surface area (Å²) in [6.07, 6.45) is -1.69. The van der Waals surface area contributed by atoms with Gasteiger partial charge in [-0.15, -0.1) is 0 Å². The summed E-state index contributed by atoms with van der Waals surface area (Å²) < 4.78 is 5.35. The average Bonchev–Trinajstić information content (AvgIpc) is 2.42. The van der Waals surface area contributed by atoms with Crippen molar-refractivity contribution < 1.29 is 29.6 Å². The van der Waals surface area contributed by atoms with E-state index in [-0.39, 0.29) is 24.4 Å². The highest BCUT2D eigenvalue weighted by atomic mass is 32.1. The van der Waals surface area contributed by atoms with E-state index in [1.165, 1.54) is 6.92 Å². The van der Waals surface area contributed by atoms with Crippen LogP contribution in [0, 0.1) is 0 Å². The average molecular weight is 318 g/mol. The number of thiol groups is 1. The number of hydrogen-bond donors (Lipinski definition) is 6. The van der Waals surface area contributed by atoms with Crippen LogP contribution in [0.5, 0.6) is 0 Å². The van der Waals surface area contributed by atoms with Gasteiger partial charge in [-0.3, -0.25) is 9.59 Å². The Labute approximate surface area is 126 Å². The van der Waals surface area contributed by atoms with E-state index in [2.05, 4.69) is 29.8 Å². The highest BCUT2D eigenvalue weighted by Crippen LogP contribution is 2.33. The maximum absolute atomic E-state index is 12.3. The SMILES string of the molecule is C=C1CCO[C@]2([C@@H](O)[C@@](C)(O)CS)NC(=O)[C@@]1(O)NC2=O. The molecule has 3 fully saturated rings. The van der Waals surface area contributed by atoms with Crippen LogP contribution < -0.4 is 10.6 Å². The summed E-state index contributed by atoms with van der Waals surface area (Å²) >= 11 is 3.91. The van der Waals surface area contributed by atoms with Gasteiger partial charge in [-0.05, 0) is 18.9 Å². The lowest BCUT2D eigenvalue weighted by atomic mass is 9.85. The third kappa shape index (κ3) is 2.25. The highest BCUT2D eigenvalue weighted by Gasteiger charge is 2.63. The Morgan fingerprint density at radius 1 is 1.48 bits per heavy atom. The second-order valence-electron chi connectivity index (χ2n) is 5.47. The first-order valence-electron chi connectivity index (χ1n) is 6.31. The van der Waals surface area contributed by atoms with E-state index >= 15 is 0 Å². The third-order valence-corrected chi connectivity index (χ3v) is 4.44. The number of piperazine rings is 1. The largest absolute Gasteiger partial charge is 0.386 e. The smallest absolute Gasteiger partial charge is 0.280 e. The van der Waals surface area contributed by atoms with Crippen LogP contribution in [0.25, 0.3) is 0 Å². The van der Waals surface area contributed by atoms with Crippen LogP contribution in [-0.4, -0.2) is 62.6 Å². The van der Waals surface area contributed by atoms with Crippen LogP contribution in [0.1, 0.15) is 13.3 Å². The second kappa shape index (κ2) is 4.96. The molecule has 0 aromatic rings. The Bertz CT molecular complexity index is 510. The van der Waals surface area contributed by atoms with Crippen LogP contribution in [0.2, 0.25) is 0 Å². The van der Waals surface area contributed by atoms with Crippen molar-refractivity contribution in [1.82, 2.24) is 10.6 Å². The van der Waals surface area contributed by atoms with Gasteiger partial charge in [-0.1, -0.05) is 6.58 Å². The molecule has 4 atom stereocenters. The van der Waals surface area contributed by atoms with Gasteiger partial charge in [0, 0.05) is 5.75 Å². The molecule has 0 aliphatic carbocycles. The van der Waals surface area contributed by atoms with E-state index in [0.29, 0.717) is 0 Å². The van der Waals surface area contributed by atoms with Gasteiger partial charge >= 0.3 is 0 Å². The summed E-state index contributed by atoms with van der Waals surface area (Å²) in [6, 6.07) is 0. The zero-order chi connectivity index (χ0) is 16.1. The van der Waals surface area contributed by atoms with Crippen molar-refractivity contribution in [3.63, 3.8) is 0 Å². The fraction of sp³-hybridized carbons (Fsp3) is 0.667. The summed E-state index contributed by atoms with van der Waals surface area (Å²) in [5.41, 5.74) is -6.19. The van der Waals surface area contributed by atoms with Gasteiger partial charge in [0.05, 0.1) is 6.61 Å². The molecule has 2 bridgehead atoms. The molecular formula is C12H18N2O6S. The topological polar surface area (TPSA) is 128 Å². The van der Waals surface area contributed by atoms with Crippen LogP contribution in [0.3, 0.4) is 0 Å². The molecule has 5 N–H and O–H groups in total. The predicted octanol–water partition coefficient (Wildman–Crippen LogP) is -2.36. The molecule has 2 amide bonds. The lowest BCUT2D eigenvalue weighted by Gasteiger charge is -2.49. The van der Waals surface area contributed by atoms with Gasteiger partial charge in [0.1, 0.15) is 11.7 Å². The zero-order valence-electron chi connectivity index (χ0n) is 11.4. The molecule has 9 heteroatoms. The minimum atomic E-state index is -2.25. The first-order chi connectivity index (χ1) is 9.60. The Morgan fingerprint density at radius 2 is 2.10 bits per heavy atom. The van der Waals surface area contributed by atoms with Crippen molar-refractivity contribution in [3.05, 3.63) is 12.2 Å². The van der Waals surface area contributed by atoms with Crippen LogP contribution >= 0.6 is 12.6 Å². The van der Waals surface area contributed by atoms with Crippen molar-refractivity contribution in [1.29, 1.82) is 0 Å². The maximum Gasteiger partial charge on any atom is 0.280 e. The Balaban J connectivity index is 2.47. The zero-order valence-corrected chi connectivity index (χ0v) is 12.3. The van der Waals surface area contributed by atoms with Crippen LogP contribution in [0.15, 0.2) is 12.2 Å². The molecule has 0 saturated carbocycles. The molecule has 3 saturated heterocycles. The first-order valence-corrected chi connectivity index (χ1v) is 6.94. The van der Waals surface area contributed by atoms with Crippen molar-refractivity contribution >= 4 is 24.4 Å². The molecule has 3 aliphatic rings. The minimum Gasteiger partial charge on any atom is -0.386 e. The molecule has 118 valence electrons. The number of aliphatic hydroxyl groups is 3. The number of aliphatic hydroxyl groups excluding tert-OH is 1. The third-order valence-electron chi connectivity index (χ3n) is 3.80. The Hall–Kier alpha value is -1.13. The number of carbonyl (C=O) groups is 2. The number of nitrogens with one attached hydrogen (secondary N) is 2. The van der Waals surface area contributed by atoms with Crippen molar-refractivity contribution in [2.45, 2.75) is 36.5 Å². The van der Waals surface area contributed by atoms with E-state index in [0.717, 1.165) is 0 Å². The molecule has 3 heterocycles.